The number of hydrogen-bond acceptors (Lipinski definition) is 4. The first-order valence-electron chi connectivity index (χ1n) is 5.74. The van der Waals surface area contributed by atoms with Gasteiger partial charge in [-0.1, -0.05) is 48.3 Å². The lowest BCUT2D eigenvalue weighted by molar-refractivity contribution is 0.601. The van der Waals surface area contributed by atoms with Crippen molar-refractivity contribution in [3.8, 4) is 0 Å². The number of anilines is 1. The lowest BCUT2D eigenvalue weighted by Crippen LogP contribution is -2.15. The van der Waals surface area contributed by atoms with E-state index in [1.807, 2.05) is 6.92 Å². The third kappa shape index (κ3) is 3.20. The summed E-state index contributed by atoms with van der Waals surface area (Å²) in [5.41, 5.74) is 0.580. The van der Waals surface area contributed by atoms with Crippen molar-refractivity contribution >= 4 is 39.2 Å². The molecule has 8 heteroatoms. The molecule has 0 bridgehead atoms. The lowest BCUT2D eigenvalue weighted by atomic mass is 10.3. The molecule has 0 amide bonds. The average molecular weight is 332 g/mol. The fourth-order valence-electron chi connectivity index (χ4n) is 1.55. The Morgan fingerprint density at radius 1 is 1.10 bits per heavy atom. The van der Waals surface area contributed by atoms with Gasteiger partial charge < -0.3 is 0 Å². The Labute approximate surface area is 127 Å². The summed E-state index contributed by atoms with van der Waals surface area (Å²) < 4.78 is 26.5. The number of nitrogens with one attached hydrogen (secondary N) is 1. The van der Waals surface area contributed by atoms with Crippen LogP contribution in [0.3, 0.4) is 0 Å². The number of hydrogen-bond donors (Lipinski definition) is 1. The molecule has 2 aromatic rings. The molecule has 0 atom stereocenters. The van der Waals surface area contributed by atoms with Gasteiger partial charge in [0.15, 0.2) is 0 Å². The number of rotatable bonds is 4. The topological polar surface area (TPSA) is 72.0 Å². The first kappa shape index (κ1) is 15.0. The van der Waals surface area contributed by atoms with Crippen LogP contribution in [0, 0.1) is 0 Å². The fraction of sp³-hybridized carbons (Fsp3) is 0.167. The number of nitrogens with zero attached hydrogens (tertiary/aromatic N) is 2. The highest BCUT2D eigenvalue weighted by Crippen LogP contribution is 2.24. The first-order valence-corrected chi connectivity index (χ1v) is 7.97. The maximum absolute atomic E-state index is 12.1. The molecule has 5 nitrogen and oxygen atoms in total. The SMILES string of the molecule is CCc1c(Cl)nc(NS(=O)(=O)c2ccccc2)nc1Cl. The largest absolute Gasteiger partial charge is 0.264 e. The Bertz CT molecular complexity index is 698. The van der Waals surface area contributed by atoms with E-state index in [-0.39, 0.29) is 21.2 Å². The van der Waals surface area contributed by atoms with Crippen molar-refractivity contribution in [1.29, 1.82) is 0 Å². The molecule has 1 aromatic carbocycles. The average Bonchev–Trinajstić information content (AvgIpc) is 2.39. The van der Waals surface area contributed by atoms with Crippen LogP contribution in [-0.2, 0) is 16.4 Å². The van der Waals surface area contributed by atoms with E-state index in [0.717, 1.165) is 0 Å². The first-order chi connectivity index (χ1) is 9.44. The highest BCUT2D eigenvalue weighted by molar-refractivity contribution is 7.92. The summed E-state index contributed by atoms with van der Waals surface area (Å²) in [4.78, 5) is 7.90. The molecule has 0 aliphatic heterocycles. The molecule has 1 heterocycles. The maximum atomic E-state index is 12.1. The molecular formula is C12H11Cl2N3O2S. The van der Waals surface area contributed by atoms with E-state index in [4.69, 9.17) is 23.2 Å². The molecule has 1 N–H and O–H groups in total. The van der Waals surface area contributed by atoms with Crippen LogP contribution in [0.4, 0.5) is 5.95 Å². The van der Waals surface area contributed by atoms with Gasteiger partial charge in [0.05, 0.1) is 4.90 Å². The predicted molar refractivity (Wildman–Crippen MR) is 78.7 cm³/mol. The van der Waals surface area contributed by atoms with Crippen molar-refractivity contribution in [2.75, 3.05) is 4.72 Å². The zero-order valence-corrected chi connectivity index (χ0v) is 12.8. The Balaban J connectivity index is 2.36. The highest BCUT2D eigenvalue weighted by atomic mass is 35.5. The Morgan fingerprint density at radius 2 is 1.65 bits per heavy atom. The Kier molecular flexibility index (Phi) is 4.47. The van der Waals surface area contributed by atoms with E-state index < -0.39 is 10.0 Å². The van der Waals surface area contributed by atoms with Crippen LogP contribution >= 0.6 is 23.2 Å². The molecule has 0 spiro atoms. The number of sulfonamides is 1. The zero-order chi connectivity index (χ0) is 14.8. The molecule has 0 radical (unpaired) electrons. The van der Waals surface area contributed by atoms with Crippen molar-refractivity contribution in [3.63, 3.8) is 0 Å². The minimum atomic E-state index is -3.76. The van der Waals surface area contributed by atoms with Crippen LogP contribution in [0.2, 0.25) is 10.3 Å². The van der Waals surface area contributed by atoms with Gasteiger partial charge in [-0.05, 0) is 18.6 Å². The summed E-state index contributed by atoms with van der Waals surface area (Å²) in [6, 6.07) is 7.89. The zero-order valence-electron chi connectivity index (χ0n) is 10.5. The summed E-state index contributed by atoms with van der Waals surface area (Å²) in [5, 5.41) is 0.275. The van der Waals surface area contributed by atoms with Crippen molar-refractivity contribution < 1.29 is 8.42 Å². The number of halogens is 2. The summed E-state index contributed by atoms with van der Waals surface area (Å²) in [5.74, 6) is -0.152. The third-order valence-corrected chi connectivity index (χ3v) is 4.51. The van der Waals surface area contributed by atoms with Gasteiger partial charge in [-0.25, -0.2) is 13.1 Å². The van der Waals surface area contributed by atoms with Crippen LogP contribution in [-0.4, -0.2) is 18.4 Å². The van der Waals surface area contributed by atoms with Gasteiger partial charge in [-0.15, -0.1) is 0 Å². The molecular weight excluding hydrogens is 321 g/mol. The van der Waals surface area contributed by atoms with Gasteiger partial charge in [-0.3, -0.25) is 0 Å². The number of aromatic nitrogens is 2. The molecule has 20 heavy (non-hydrogen) atoms. The minimum Gasteiger partial charge on any atom is -0.247 e. The summed E-state index contributed by atoms with van der Waals surface area (Å²) >= 11 is 11.9. The van der Waals surface area contributed by atoms with Crippen molar-refractivity contribution in [3.05, 3.63) is 46.2 Å². The normalized spacial score (nSPS) is 11.3. The summed E-state index contributed by atoms with van der Waals surface area (Å²) in [7, 11) is -3.76. The van der Waals surface area contributed by atoms with Crippen LogP contribution in [0.25, 0.3) is 0 Å². The van der Waals surface area contributed by atoms with Gasteiger partial charge in [0, 0.05) is 5.56 Å². The van der Waals surface area contributed by atoms with Gasteiger partial charge in [0.25, 0.3) is 10.0 Å². The van der Waals surface area contributed by atoms with Crippen molar-refractivity contribution in [2.24, 2.45) is 0 Å². The Morgan fingerprint density at radius 3 is 2.15 bits per heavy atom. The minimum absolute atomic E-state index is 0.107. The summed E-state index contributed by atoms with van der Waals surface area (Å²) in [6.07, 6.45) is 0.559. The molecule has 0 saturated carbocycles. The molecule has 0 unspecified atom stereocenters. The second kappa shape index (κ2) is 5.95. The molecule has 0 fully saturated rings. The van der Waals surface area contributed by atoms with Crippen LogP contribution in [0.1, 0.15) is 12.5 Å². The smallest absolute Gasteiger partial charge is 0.247 e. The van der Waals surface area contributed by atoms with Crippen molar-refractivity contribution in [2.45, 2.75) is 18.2 Å². The Hall–Kier alpha value is -1.37. The van der Waals surface area contributed by atoms with E-state index in [2.05, 4.69) is 14.7 Å². The van der Waals surface area contributed by atoms with Crippen LogP contribution in [0.5, 0.6) is 0 Å². The second-order valence-corrected chi connectivity index (χ2v) is 6.28. The molecule has 2 rings (SSSR count). The quantitative estimate of drug-likeness (QED) is 0.873. The van der Waals surface area contributed by atoms with Crippen LogP contribution in [0.15, 0.2) is 35.2 Å². The maximum Gasteiger partial charge on any atom is 0.264 e. The van der Waals surface area contributed by atoms with Gasteiger partial charge in [-0.2, -0.15) is 9.97 Å². The third-order valence-electron chi connectivity index (χ3n) is 2.54. The van der Waals surface area contributed by atoms with Gasteiger partial charge in [0.1, 0.15) is 10.3 Å². The van der Waals surface area contributed by atoms with E-state index in [1.165, 1.54) is 12.1 Å². The molecule has 0 saturated heterocycles. The van der Waals surface area contributed by atoms with Crippen molar-refractivity contribution in [1.82, 2.24) is 9.97 Å². The lowest BCUT2D eigenvalue weighted by Gasteiger charge is -2.09. The fourth-order valence-corrected chi connectivity index (χ4v) is 3.17. The van der Waals surface area contributed by atoms with Gasteiger partial charge in [0.2, 0.25) is 5.95 Å². The summed E-state index contributed by atoms with van der Waals surface area (Å²) in [6.45, 7) is 1.85. The highest BCUT2D eigenvalue weighted by Gasteiger charge is 2.17. The van der Waals surface area contributed by atoms with E-state index in [0.29, 0.717) is 12.0 Å². The van der Waals surface area contributed by atoms with E-state index in [1.54, 1.807) is 18.2 Å². The van der Waals surface area contributed by atoms with E-state index in [9.17, 15) is 8.42 Å². The molecule has 0 aliphatic rings. The molecule has 106 valence electrons. The number of benzene rings is 1. The second-order valence-electron chi connectivity index (χ2n) is 3.88. The van der Waals surface area contributed by atoms with E-state index >= 15 is 0 Å². The molecule has 0 aliphatic carbocycles. The van der Waals surface area contributed by atoms with Gasteiger partial charge >= 0.3 is 0 Å². The van der Waals surface area contributed by atoms with Crippen LogP contribution < -0.4 is 4.72 Å². The monoisotopic (exact) mass is 331 g/mol. The molecule has 1 aromatic heterocycles. The standard InChI is InChI=1S/C12H11Cl2N3O2S/c1-2-9-10(13)15-12(16-11(9)14)17-20(18,19)8-6-4-3-5-7-8/h3-7H,2H2,1H3,(H,15,16,17). The predicted octanol–water partition coefficient (Wildman–Crippen LogP) is 3.15.